The molecule has 0 radical (unpaired) electrons. The van der Waals surface area contributed by atoms with E-state index in [-0.39, 0.29) is 11.5 Å². The molecular weight excluding hydrogens is 244 g/mol. The van der Waals surface area contributed by atoms with Gasteiger partial charge in [-0.25, -0.2) is 4.79 Å². The fourth-order valence-corrected chi connectivity index (χ4v) is 2.42. The summed E-state index contributed by atoms with van der Waals surface area (Å²) in [5.74, 6) is -1.23. The highest BCUT2D eigenvalue weighted by molar-refractivity contribution is 5.99. The van der Waals surface area contributed by atoms with E-state index in [1.807, 2.05) is 0 Å². The van der Waals surface area contributed by atoms with Crippen molar-refractivity contribution in [2.75, 3.05) is 5.32 Å². The number of aromatic carboxylic acids is 1. The SMILES string of the molecule is Cc1ccc(NC(=O)C2(N)CCCC2)cc1C(=O)O. The highest BCUT2D eigenvalue weighted by atomic mass is 16.4. The van der Waals surface area contributed by atoms with Crippen LogP contribution in [0.15, 0.2) is 18.2 Å². The fourth-order valence-electron chi connectivity index (χ4n) is 2.42. The summed E-state index contributed by atoms with van der Waals surface area (Å²) in [7, 11) is 0. The molecule has 0 aliphatic heterocycles. The molecule has 1 aromatic rings. The number of aryl methyl sites for hydroxylation is 1. The zero-order valence-electron chi connectivity index (χ0n) is 10.9. The van der Waals surface area contributed by atoms with Crippen molar-refractivity contribution in [2.45, 2.75) is 38.1 Å². The lowest BCUT2D eigenvalue weighted by Crippen LogP contribution is -2.48. The molecule has 0 atom stereocenters. The number of amides is 1. The van der Waals surface area contributed by atoms with Gasteiger partial charge in [0.1, 0.15) is 0 Å². The van der Waals surface area contributed by atoms with Gasteiger partial charge in [0.25, 0.3) is 0 Å². The summed E-state index contributed by atoms with van der Waals surface area (Å²) >= 11 is 0. The third kappa shape index (κ3) is 2.76. The van der Waals surface area contributed by atoms with Crippen molar-refractivity contribution in [3.05, 3.63) is 29.3 Å². The normalized spacial score (nSPS) is 17.2. The minimum absolute atomic E-state index is 0.190. The van der Waals surface area contributed by atoms with Gasteiger partial charge in [0, 0.05) is 5.69 Å². The van der Waals surface area contributed by atoms with Crippen LogP contribution in [0.1, 0.15) is 41.6 Å². The van der Waals surface area contributed by atoms with E-state index in [9.17, 15) is 9.59 Å². The van der Waals surface area contributed by atoms with Crippen molar-refractivity contribution in [2.24, 2.45) is 5.73 Å². The number of carboxylic acid groups (broad SMARTS) is 1. The monoisotopic (exact) mass is 262 g/mol. The quantitative estimate of drug-likeness (QED) is 0.775. The van der Waals surface area contributed by atoms with E-state index in [0.717, 1.165) is 12.8 Å². The van der Waals surface area contributed by atoms with Crippen molar-refractivity contribution in [3.63, 3.8) is 0 Å². The van der Waals surface area contributed by atoms with Crippen molar-refractivity contribution < 1.29 is 14.7 Å². The molecule has 5 nitrogen and oxygen atoms in total. The van der Waals surface area contributed by atoms with Crippen LogP contribution in [0.3, 0.4) is 0 Å². The van der Waals surface area contributed by atoms with E-state index in [1.165, 1.54) is 6.07 Å². The Hall–Kier alpha value is -1.88. The minimum atomic E-state index is -1.00. The number of nitrogens with two attached hydrogens (primary N) is 1. The molecule has 1 aliphatic carbocycles. The van der Waals surface area contributed by atoms with E-state index < -0.39 is 11.5 Å². The highest BCUT2D eigenvalue weighted by Crippen LogP contribution is 2.28. The van der Waals surface area contributed by atoms with Crippen LogP contribution in [-0.4, -0.2) is 22.5 Å². The van der Waals surface area contributed by atoms with Crippen LogP contribution in [0, 0.1) is 6.92 Å². The Morgan fingerprint density at radius 1 is 1.32 bits per heavy atom. The second kappa shape index (κ2) is 5.01. The van der Waals surface area contributed by atoms with Crippen LogP contribution in [0.2, 0.25) is 0 Å². The van der Waals surface area contributed by atoms with E-state index in [0.29, 0.717) is 24.1 Å². The molecule has 0 bridgehead atoms. The molecule has 5 heteroatoms. The van der Waals surface area contributed by atoms with Gasteiger partial charge in [0.05, 0.1) is 11.1 Å². The van der Waals surface area contributed by atoms with Gasteiger partial charge >= 0.3 is 5.97 Å². The van der Waals surface area contributed by atoms with Crippen LogP contribution in [0.4, 0.5) is 5.69 Å². The average Bonchev–Trinajstić information content (AvgIpc) is 2.79. The van der Waals surface area contributed by atoms with Crippen LogP contribution in [0.5, 0.6) is 0 Å². The Morgan fingerprint density at radius 2 is 1.95 bits per heavy atom. The first kappa shape index (κ1) is 13.5. The number of carbonyl (C=O) groups excluding carboxylic acids is 1. The standard InChI is InChI=1S/C14H18N2O3/c1-9-4-5-10(8-11(9)12(17)18)16-13(19)14(15)6-2-3-7-14/h4-5,8H,2-3,6-7,15H2,1H3,(H,16,19)(H,17,18). The lowest BCUT2D eigenvalue weighted by molar-refractivity contribution is -0.121. The second-order valence-electron chi connectivity index (χ2n) is 5.15. The molecule has 1 saturated carbocycles. The molecule has 2 rings (SSSR count). The van der Waals surface area contributed by atoms with E-state index in [2.05, 4.69) is 5.32 Å². The number of hydrogen-bond acceptors (Lipinski definition) is 3. The maximum atomic E-state index is 12.1. The zero-order valence-corrected chi connectivity index (χ0v) is 10.9. The minimum Gasteiger partial charge on any atom is -0.478 e. The maximum absolute atomic E-state index is 12.1. The van der Waals surface area contributed by atoms with Gasteiger partial charge in [-0.15, -0.1) is 0 Å². The molecular formula is C14H18N2O3. The van der Waals surface area contributed by atoms with Crippen molar-refractivity contribution in [1.82, 2.24) is 0 Å². The Labute approximate surface area is 111 Å². The number of carboxylic acids is 1. The second-order valence-corrected chi connectivity index (χ2v) is 5.15. The molecule has 0 unspecified atom stereocenters. The van der Waals surface area contributed by atoms with Gasteiger partial charge in [-0.1, -0.05) is 18.9 Å². The third-order valence-corrected chi connectivity index (χ3v) is 3.67. The van der Waals surface area contributed by atoms with Gasteiger partial charge in [0.2, 0.25) is 5.91 Å². The Bertz CT molecular complexity index is 519. The van der Waals surface area contributed by atoms with Crippen molar-refractivity contribution in [1.29, 1.82) is 0 Å². The largest absolute Gasteiger partial charge is 0.478 e. The first-order chi connectivity index (χ1) is 8.92. The molecule has 0 aromatic heterocycles. The lowest BCUT2D eigenvalue weighted by atomic mass is 9.98. The Kier molecular flexibility index (Phi) is 3.57. The summed E-state index contributed by atoms with van der Waals surface area (Å²) in [6.45, 7) is 1.72. The molecule has 1 aromatic carbocycles. The Morgan fingerprint density at radius 3 is 2.53 bits per heavy atom. The van der Waals surface area contributed by atoms with Crippen molar-refractivity contribution >= 4 is 17.6 Å². The molecule has 1 aliphatic rings. The smallest absolute Gasteiger partial charge is 0.336 e. The molecule has 0 spiro atoms. The van der Waals surface area contributed by atoms with Crippen LogP contribution in [-0.2, 0) is 4.79 Å². The maximum Gasteiger partial charge on any atom is 0.336 e. The molecule has 4 N–H and O–H groups in total. The van der Waals surface area contributed by atoms with Crippen molar-refractivity contribution in [3.8, 4) is 0 Å². The van der Waals surface area contributed by atoms with Crippen LogP contribution >= 0.6 is 0 Å². The number of nitrogens with one attached hydrogen (secondary N) is 1. The van der Waals surface area contributed by atoms with Crippen LogP contribution in [0.25, 0.3) is 0 Å². The first-order valence-electron chi connectivity index (χ1n) is 6.37. The topological polar surface area (TPSA) is 92.4 Å². The summed E-state index contributed by atoms with van der Waals surface area (Å²) in [6.07, 6.45) is 3.27. The molecule has 19 heavy (non-hydrogen) atoms. The van der Waals surface area contributed by atoms with Gasteiger partial charge in [-0.05, 0) is 37.5 Å². The summed E-state index contributed by atoms with van der Waals surface area (Å²) < 4.78 is 0. The molecule has 1 amide bonds. The average molecular weight is 262 g/mol. The summed E-state index contributed by atoms with van der Waals surface area (Å²) in [5, 5.41) is 11.8. The van der Waals surface area contributed by atoms with E-state index in [4.69, 9.17) is 10.8 Å². The number of rotatable bonds is 3. The molecule has 0 saturated heterocycles. The number of carbonyl (C=O) groups is 2. The fraction of sp³-hybridized carbons (Fsp3) is 0.429. The number of anilines is 1. The van der Waals surface area contributed by atoms with E-state index in [1.54, 1.807) is 19.1 Å². The van der Waals surface area contributed by atoms with Gasteiger partial charge in [-0.3, -0.25) is 4.79 Å². The summed E-state index contributed by atoms with van der Waals surface area (Å²) in [5.41, 5.74) is 6.57. The zero-order chi connectivity index (χ0) is 14.0. The predicted molar refractivity (Wildman–Crippen MR) is 72.2 cm³/mol. The third-order valence-electron chi connectivity index (χ3n) is 3.67. The summed E-state index contributed by atoms with van der Waals surface area (Å²) in [4.78, 5) is 23.2. The molecule has 102 valence electrons. The van der Waals surface area contributed by atoms with Gasteiger partial charge in [-0.2, -0.15) is 0 Å². The lowest BCUT2D eigenvalue weighted by Gasteiger charge is -2.22. The Balaban J connectivity index is 2.17. The molecule has 0 heterocycles. The van der Waals surface area contributed by atoms with Crippen LogP contribution < -0.4 is 11.1 Å². The van der Waals surface area contributed by atoms with Gasteiger partial charge in [0.15, 0.2) is 0 Å². The summed E-state index contributed by atoms with van der Waals surface area (Å²) in [6, 6.07) is 4.84. The molecule has 1 fully saturated rings. The van der Waals surface area contributed by atoms with E-state index >= 15 is 0 Å². The highest BCUT2D eigenvalue weighted by Gasteiger charge is 2.37. The number of benzene rings is 1. The number of hydrogen-bond donors (Lipinski definition) is 3. The first-order valence-corrected chi connectivity index (χ1v) is 6.37. The van der Waals surface area contributed by atoms with Gasteiger partial charge < -0.3 is 16.2 Å². The predicted octanol–water partition coefficient (Wildman–Crippen LogP) is 1.90.